The van der Waals surface area contributed by atoms with Gasteiger partial charge in [-0.3, -0.25) is 0 Å². The maximum atomic E-state index is 9.47. The molecule has 1 heterocycles. The number of isothiocyanates is 1. The van der Waals surface area contributed by atoms with Crippen molar-refractivity contribution in [2.45, 2.75) is 6.61 Å². The van der Waals surface area contributed by atoms with E-state index < -0.39 is 0 Å². The summed E-state index contributed by atoms with van der Waals surface area (Å²) in [6, 6.07) is 11.3. The molecule has 0 bridgehead atoms. The van der Waals surface area contributed by atoms with Crippen LogP contribution in [-0.2, 0) is 6.61 Å². The van der Waals surface area contributed by atoms with Crippen molar-refractivity contribution in [3.05, 3.63) is 42.0 Å². The first-order valence-corrected chi connectivity index (χ1v) is 7.75. The van der Waals surface area contributed by atoms with Crippen LogP contribution in [0.5, 0.6) is 5.75 Å². The Labute approximate surface area is 136 Å². The van der Waals surface area contributed by atoms with Gasteiger partial charge in [0, 0.05) is 11.1 Å². The van der Waals surface area contributed by atoms with Crippen LogP contribution in [0, 0.1) is 0 Å². The van der Waals surface area contributed by atoms with E-state index in [9.17, 15) is 5.11 Å². The van der Waals surface area contributed by atoms with E-state index in [1.165, 1.54) is 11.3 Å². The van der Waals surface area contributed by atoms with Crippen LogP contribution in [0.25, 0.3) is 20.8 Å². The van der Waals surface area contributed by atoms with Crippen LogP contribution in [-0.4, -0.2) is 22.4 Å². The molecule has 0 saturated carbocycles. The molecule has 0 amide bonds. The van der Waals surface area contributed by atoms with Crippen molar-refractivity contribution in [3.8, 4) is 16.3 Å². The lowest BCUT2D eigenvalue weighted by Gasteiger charge is -2.02. The molecule has 3 rings (SSSR count). The number of hydrogen-bond donors (Lipinski definition) is 1. The SMILES string of the molecule is COc1ccc(CO)c2nc(-c3ccc(N=C=S)cc3)sc12. The normalized spacial score (nSPS) is 10.5. The number of methoxy groups -OCH3 is 1. The highest BCUT2D eigenvalue weighted by Crippen LogP contribution is 2.37. The van der Waals surface area contributed by atoms with Crippen molar-refractivity contribution >= 4 is 44.6 Å². The fourth-order valence-corrected chi connectivity index (χ4v) is 3.39. The zero-order chi connectivity index (χ0) is 15.5. The standard InChI is InChI=1S/C16H12N2O2S2/c1-20-13-7-4-11(8-19)14-15(13)22-16(18-14)10-2-5-12(6-3-10)17-9-21/h2-7,19H,8H2,1H3. The molecule has 0 aliphatic carbocycles. The van der Waals surface area contributed by atoms with Crippen molar-refractivity contribution in [2.75, 3.05) is 7.11 Å². The molecule has 1 N–H and O–H groups in total. The second-order valence-corrected chi connectivity index (χ2v) is 5.71. The molecule has 110 valence electrons. The van der Waals surface area contributed by atoms with Gasteiger partial charge in [-0.05, 0) is 42.5 Å². The maximum Gasteiger partial charge on any atom is 0.138 e. The van der Waals surface area contributed by atoms with Gasteiger partial charge in [0.25, 0.3) is 0 Å². The van der Waals surface area contributed by atoms with Gasteiger partial charge >= 0.3 is 0 Å². The number of thiazole rings is 1. The molecule has 2 aromatic carbocycles. The summed E-state index contributed by atoms with van der Waals surface area (Å²) in [6.07, 6.45) is 0. The van der Waals surface area contributed by atoms with E-state index >= 15 is 0 Å². The van der Waals surface area contributed by atoms with E-state index in [2.05, 4.69) is 27.4 Å². The molecule has 0 spiro atoms. The largest absolute Gasteiger partial charge is 0.495 e. The van der Waals surface area contributed by atoms with Gasteiger partial charge < -0.3 is 9.84 Å². The van der Waals surface area contributed by atoms with Gasteiger partial charge in [-0.1, -0.05) is 6.07 Å². The topological polar surface area (TPSA) is 54.7 Å². The fourth-order valence-electron chi connectivity index (χ4n) is 2.18. The molecule has 0 aliphatic rings. The first-order chi connectivity index (χ1) is 10.8. The monoisotopic (exact) mass is 328 g/mol. The number of aromatic nitrogens is 1. The molecule has 0 radical (unpaired) electrons. The molecule has 0 fully saturated rings. The van der Waals surface area contributed by atoms with E-state index in [1.54, 1.807) is 7.11 Å². The number of ether oxygens (including phenoxy) is 1. The third kappa shape index (κ3) is 2.65. The van der Waals surface area contributed by atoms with Crippen molar-refractivity contribution in [3.63, 3.8) is 0 Å². The van der Waals surface area contributed by atoms with Crippen molar-refractivity contribution in [1.29, 1.82) is 0 Å². The van der Waals surface area contributed by atoms with Crippen LogP contribution >= 0.6 is 23.6 Å². The van der Waals surface area contributed by atoms with Crippen LogP contribution in [0.15, 0.2) is 41.4 Å². The van der Waals surface area contributed by atoms with Gasteiger partial charge in [0.05, 0.1) is 34.8 Å². The van der Waals surface area contributed by atoms with E-state index in [-0.39, 0.29) is 6.61 Å². The lowest BCUT2D eigenvalue weighted by molar-refractivity contribution is 0.283. The molecule has 6 heteroatoms. The second-order valence-electron chi connectivity index (χ2n) is 4.53. The Morgan fingerprint density at radius 3 is 2.68 bits per heavy atom. The highest BCUT2D eigenvalue weighted by Gasteiger charge is 2.13. The molecular weight excluding hydrogens is 316 g/mol. The molecular formula is C16H12N2O2S2. The number of nitrogens with zero attached hydrogens (tertiary/aromatic N) is 2. The molecule has 0 saturated heterocycles. The minimum atomic E-state index is -0.0496. The Morgan fingerprint density at radius 1 is 1.27 bits per heavy atom. The van der Waals surface area contributed by atoms with Crippen molar-refractivity contribution < 1.29 is 9.84 Å². The van der Waals surface area contributed by atoms with E-state index in [1.807, 2.05) is 36.4 Å². The number of thiocarbonyl (C=S) groups is 1. The lowest BCUT2D eigenvalue weighted by atomic mass is 10.2. The zero-order valence-corrected chi connectivity index (χ0v) is 13.4. The third-order valence-corrected chi connectivity index (χ3v) is 4.48. The van der Waals surface area contributed by atoms with Gasteiger partial charge in [-0.25, -0.2) is 4.98 Å². The fraction of sp³-hybridized carbons (Fsp3) is 0.125. The second kappa shape index (κ2) is 6.34. The van der Waals surface area contributed by atoms with E-state index in [0.29, 0.717) is 0 Å². The number of rotatable bonds is 4. The average Bonchev–Trinajstić information content (AvgIpc) is 3.00. The molecule has 0 unspecified atom stereocenters. The molecule has 0 atom stereocenters. The number of aliphatic hydroxyl groups excluding tert-OH is 1. The summed E-state index contributed by atoms with van der Waals surface area (Å²) in [5, 5.41) is 12.7. The van der Waals surface area contributed by atoms with Crippen LogP contribution in [0.4, 0.5) is 5.69 Å². The van der Waals surface area contributed by atoms with Crippen LogP contribution in [0.2, 0.25) is 0 Å². The van der Waals surface area contributed by atoms with Gasteiger partial charge in [-0.2, -0.15) is 4.99 Å². The predicted molar refractivity (Wildman–Crippen MR) is 92.2 cm³/mol. The van der Waals surface area contributed by atoms with Crippen molar-refractivity contribution in [1.82, 2.24) is 4.98 Å². The number of benzene rings is 2. The number of hydrogen-bond acceptors (Lipinski definition) is 6. The lowest BCUT2D eigenvalue weighted by Crippen LogP contribution is -1.88. The van der Waals surface area contributed by atoms with E-state index in [4.69, 9.17) is 4.74 Å². The predicted octanol–water partition coefficient (Wildman–Crippen LogP) is 4.20. The molecule has 0 aliphatic heterocycles. The number of fused-ring (bicyclic) bond motifs is 1. The van der Waals surface area contributed by atoms with Crippen molar-refractivity contribution in [2.24, 2.45) is 4.99 Å². The highest BCUT2D eigenvalue weighted by atomic mass is 32.1. The summed E-state index contributed by atoms with van der Waals surface area (Å²) in [7, 11) is 1.63. The Balaban J connectivity index is 2.13. The number of aliphatic hydroxyl groups is 1. The molecule has 3 aromatic rings. The molecule has 22 heavy (non-hydrogen) atoms. The van der Waals surface area contributed by atoms with Crippen LogP contribution < -0.4 is 4.74 Å². The first kappa shape index (κ1) is 14.8. The quantitative estimate of drug-likeness (QED) is 0.576. The average molecular weight is 328 g/mol. The number of aliphatic imine (C=N–C) groups is 1. The van der Waals surface area contributed by atoms with Gasteiger partial charge in [0.2, 0.25) is 0 Å². The van der Waals surface area contributed by atoms with Gasteiger partial charge in [-0.15, -0.1) is 11.3 Å². The Morgan fingerprint density at radius 2 is 2.05 bits per heavy atom. The van der Waals surface area contributed by atoms with Crippen LogP contribution in [0.3, 0.4) is 0 Å². The summed E-state index contributed by atoms with van der Waals surface area (Å²) in [6.45, 7) is -0.0496. The minimum absolute atomic E-state index is 0.0496. The zero-order valence-electron chi connectivity index (χ0n) is 11.7. The highest BCUT2D eigenvalue weighted by molar-refractivity contribution is 7.78. The Hall–Kier alpha value is -2.11. The third-order valence-electron chi connectivity index (χ3n) is 3.27. The Bertz CT molecular complexity index is 825. The van der Waals surface area contributed by atoms with E-state index in [0.717, 1.165) is 37.8 Å². The summed E-state index contributed by atoms with van der Waals surface area (Å²) in [5.41, 5.74) is 3.31. The Kier molecular flexibility index (Phi) is 4.27. The summed E-state index contributed by atoms with van der Waals surface area (Å²) >= 11 is 6.13. The molecule has 4 nitrogen and oxygen atoms in total. The first-order valence-electron chi connectivity index (χ1n) is 6.52. The minimum Gasteiger partial charge on any atom is -0.495 e. The summed E-state index contributed by atoms with van der Waals surface area (Å²) in [5.74, 6) is 0.762. The van der Waals surface area contributed by atoms with Crippen LogP contribution in [0.1, 0.15) is 5.56 Å². The van der Waals surface area contributed by atoms with Gasteiger partial charge in [0.1, 0.15) is 10.8 Å². The summed E-state index contributed by atoms with van der Waals surface area (Å²) in [4.78, 5) is 8.58. The smallest absolute Gasteiger partial charge is 0.138 e. The van der Waals surface area contributed by atoms with Gasteiger partial charge in [0.15, 0.2) is 0 Å². The maximum absolute atomic E-state index is 9.47. The summed E-state index contributed by atoms with van der Waals surface area (Å²) < 4.78 is 6.32. The molecule has 1 aromatic heterocycles.